The number of piperazine rings is 1. The second kappa shape index (κ2) is 4.19. The van der Waals surface area contributed by atoms with E-state index in [-0.39, 0.29) is 0 Å². The lowest BCUT2D eigenvalue weighted by Gasteiger charge is -2.47. The van der Waals surface area contributed by atoms with Gasteiger partial charge < -0.3 is 10.2 Å². The molecular weight excluding hydrogens is 172 g/mol. The second-order valence-corrected chi connectivity index (χ2v) is 5.42. The van der Waals surface area contributed by atoms with Crippen molar-refractivity contribution < 1.29 is 0 Å². The highest BCUT2D eigenvalue weighted by Crippen LogP contribution is 2.40. The Morgan fingerprint density at radius 1 is 1.21 bits per heavy atom. The van der Waals surface area contributed by atoms with Crippen LogP contribution in [0.5, 0.6) is 0 Å². The molecule has 0 amide bonds. The van der Waals surface area contributed by atoms with Crippen LogP contribution in [0.4, 0.5) is 0 Å². The molecule has 2 nitrogen and oxygen atoms in total. The second-order valence-electron chi connectivity index (χ2n) is 5.42. The van der Waals surface area contributed by atoms with Crippen molar-refractivity contribution in [3.05, 3.63) is 0 Å². The van der Waals surface area contributed by atoms with Crippen molar-refractivity contribution >= 4 is 0 Å². The van der Waals surface area contributed by atoms with Crippen LogP contribution in [-0.2, 0) is 0 Å². The molecule has 0 radical (unpaired) electrons. The van der Waals surface area contributed by atoms with Gasteiger partial charge in [-0.15, -0.1) is 0 Å². The molecule has 14 heavy (non-hydrogen) atoms. The van der Waals surface area contributed by atoms with E-state index in [1.54, 1.807) is 0 Å². The molecule has 2 fully saturated rings. The third kappa shape index (κ3) is 1.96. The summed E-state index contributed by atoms with van der Waals surface area (Å²) in [5, 5.41) is 3.55. The minimum atomic E-state index is 0.584. The zero-order valence-corrected chi connectivity index (χ0v) is 9.68. The van der Waals surface area contributed by atoms with Gasteiger partial charge in [-0.1, -0.05) is 26.2 Å². The molecule has 0 spiro atoms. The average Bonchev–Trinajstić information content (AvgIpc) is 2.19. The van der Waals surface area contributed by atoms with Crippen LogP contribution in [0.1, 0.15) is 39.0 Å². The number of nitrogens with zero attached hydrogens (tertiary/aromatic N) is 1. The zero-order valence-electron chi connectivity index (χ0n) is 9.68. The lowest BCUT2D eigenvalue weighted by molar-refractivity contribution is 0.0446. The van der Waals surface area contributed by atoms with Gasteiger partial charge in [-0.2, -0.15) is 0 Å². The van der Waals surface area contributed by atoms with Gasteiger partial charge in [0.1, 0.15) is 0 Å². The van der Waals surface area contributed by atoms with Gasteiger partial charge in [-0.05, 0) is 25.3 Å². The molecule has 0 aromatic rings. The minimum Gasteiger partial charge on any atom is -0.314 e. The lowest BCUT2D eigenvalue weighted by atomic mass is 9.69. The summed E-state index contributed by atoms with van der Waals surface area (Å²) in [7, 11) is 2.30. The van der Waals surface area contributed by atoms with E-state index in [1.165, 1.54) is 51.7 Å². The number of nitrogens with one attached hydrogen (secondary N) is 1. The predicted octanol–water partition coefficient (Wildman–Crippen LogP) is 1.86. The minimum absolute atomic E-state index is 0.584. The third-order valence-corrected chi connectivity index (χ3v) is 4.31. The highest BCUT2D eigenvalue weighted by atomic mass is 15.2. The maximum Gasteiger partial charge on any atom is 0.0271 e. The van der Waals surface area contributed by atoms with Crippen molar-refractivity contribution in [3.63, 3.8) is 0 Å². The number of hydrogen-bond acceptors (Lipinski definition) is 2. The Kier molecular flexibility index (Phi) is 3.13. The van der Waals surface area contributed by atoms with Crippen LogP contribution in [0.15, 0.2) is 0 Å². The van der Waals surface area contributed by atoms with Crippen LogP contribution >= 0.6 is 0 Å². The summed E-state index contributed by atoms with van der Waals surface area (Å²) < 4.78 is 0. The summed E-state index contributed by atoms with van der Waals surface area (Å²) in [6, 6.07) is 0.775. The largest absolute Gasteiger partial charge is 0.314 e. The van der Waals surface area contributed by atoms with E-state index in [0.717, 1.165) is 6.04 Å². The van der Waals surface area contributed by atoms with Gasteiger partial charge in [0.2, 0.25) is 0 Å². The fourth-order valence-electron chi connectivity index (χ4n) is 3.28. The molecule has 0 aromatic carbocycles. The summed E-state index contributed by atoms with van der Waals surface area (Å²) in [5.41, 5.74) is 0.584. The Bertz CT molecular complexity index is 185. The maximum absolute atomic E-state index is 3.55. The average molecular weight is 196 g/mol. The fraction of sp³-hybridized carbons (Fsp3) is 1.00. The first-order chi connectivity index (χ1) is 6.72. The van der Waals surface area contributed by atoms with Crippen LogP contribution < -0.4 is 5.32 Å². The van der Waals surface area contributed by atoms with Crippen LogP contribution in [0, 0.1) is 5.41 Å². The highest BCUT2D eigenvalue weighted by molar-refractivity contribution is 4.93. The van der Waals surface area contributed by atoms with Gasteiger partial charge >= 0.3 is 0 Å². The smallest absolute Gasteiger partial charge is 0.0271 e. The Balaban J connectivity index is 2.02. The van der Waals surface area contributed by atoms with Crippen molar-refractivity contribution in [3.8, 4) is 0 Å². The summed E-state index contributed by atoms with van der Waals surface area (Å²) in [5.74, 6) is 0. The van der Waals surface area contributed by atoms with Crippen molar-refractivity contribution in [2.24, 2.45) is 5.41 Å². The zero-order chi connectivity index (χ0) is 10.0. The van der Waals surface area contributed by atoms with Crippen molar-refractivity contribution in [2.45, 2.75) is 45.1 Å². The molecule has 1 saturated heterocycles. The number of hydrogen-bond donors (Lipinski definition) is 1. The molecule has 82 valence electrons. The predicted molar refractivity (Wildman–Crippen MR) is 60.5 cm³/mol. The Morgan fingerprint density at radius 3 is 2.57 bits per heavy atom. The maximum atomic E-state index is 3.55. The Labute approximate surface area is 88.1 Å². The third-order valence-electron chi connectivity index (χ3n) is 4.31. The van der Waals surface area contributed by atoms with Crippen molar-refractivity contribution in [1.82, 2.24) is 10.2 Å². The molecule has 1 atom stereocenters. The van der Waals surface area contributed by atoms with Crippen molar-refractivity contribution in [1.29, 1.82) is 0 Å². The van der Waals surface area contributed by atoms with Gasteiger partial charge in [-0.3, -0.25) is 0 Å². The van der Waals surface area contributed by atoms with Crippen LogP contribution in [-0.4, -0.2) is 37.6 Å². The molecule has 0 bridgehead atoms. The SMILES string of the molecule is CN1CCNCC1C1(C)CCCCC1. The summed E-state index contributed by atoms with van der Waals surface area (Å²) in [6.07, 6.45) is 7.22. The normalized spacial score (nSPS) is 34.3. The molecule has 1 aliphatic carbocycles. The molecule has 0 aromatic heterocycles. The molecule has 2 rings (SSSR count). The lowest BCUT2D eigenvalue weighted by Crippen LogP contribution is -2.56. The summed E-state index contributed by atoms with van der Waals surface area (Å²) in [4.78, 5) is 2.57. The molecule has 2 heteroatoms. The topological polar surface area (TPSA) is 15.3 Å². The van der Waals surface area contributed by atoms with E-state index in [2.05, 4.69) is 24.2 Å². The molecule has 2 aliphatic rings. The van der Waals surface area contributed by atoms with Crippen LogP contribution in [0.2, 0.25) is 0 Å². The van der Waals surface area contributed by atoms with Crippen LogP contribution in [0.3, 0.4) is 0 Å². The quantitative estimate of drug-likeness (QED) is 0.688. The first kappa shape index (κ1) is 10.4. The van der Waals surface area contributed by atoms with E-state index >= 15 is 0 Å². The molecule has 1 aliphatic heterocycles. The van der Waals surface area contributed by atoms with Gasteiger partial charge in [0.15, 0.2) is 0 Å². The molecule has 1 heterocycles. The van der Waals surface area contributed by atoms with E-state index < -0.39 is 0 Å². The Morgan fingerprint density at radius 2 is 1.93 bits per heavy atom. The molecule has 1 saturated carbocycles. The monoisotopic (exact) mass is 196 g/mol. The number of likely N-dealkylation sites (N-methyl/N-ethyl adjacent to an activating group) is 1. The van der Waals surface area contributed by atoms with Gasteiger partial charge in [0.25, 0.3) is 0 Å². The molecular formula is C12H24N2. The first-order valence-corrected chi connectivity index (χ1v) is 6.13. The van der Waals surface area contributed by atoms with Crippen molar-refractivity contribution in [2.75, 3.05) is 26.7 Å². The standard InChI is InChI=1S/C12H24N2/c1-12(6-4-3-5-7-12)11-10-13-8-9-14(11)2/h11,13H,3-10H2,1-2H3. The van der Waals surface area contributed by atoms with Gasteiger partial charge in [-0.25, -0.2) is 0 Å². The van der Waals surface area contributed by atoms with E-state index in [1.807, 2.05) is 0 Å². The molecule has 1 unspecified atom stereocenters. The summed E-state index contributed by atoms with van der Waals surface area (Å²) >= 11 is 0. The highest BCUT2D eigenvalue weighted by Gasteiger charge is 2.38. The van der Waals surface area contributed by atoms with Crippen LogP contribution in [0.25, 0.3) is 0 Å². The van der Waals surface area contributed by atoms with Gasteiger partial charge in [0, 0.05) is 25.7 Å². The van der Waals surface area contributed by atoms with E-state index in [9.17, 15) is 0 Å². The Hall–Kier alpha value is -0.0800. The molecule has 1 N–H and O–H groups in total. The van der Waals surface area contributed by atoms with E-state index in [0.29, 0.717) is 5.41 Å². The number of rotatable bonds is 1. The summed E-state index contributed by atoms with van der Waals surface area (Å²) in [6.45, 7) is 6.09. The van der Waals surface area contributed by atoms with Gasteiger partial charge in [0.05, 0.1) is 0 Å². The first-order valence-electron chi connectivity index (χ1n) is 6.13. The fourth-order valence-corrected chi connectivity index (χ4v) is 3.28. The van der Waals surface area contributed by atoms with E-state index in [4.69, 9.17) is 0 Å².